The van der Waals surface area contributed by atoms with E-state index < -0.39 is 42.7 Å². The van der Waals surface area contributed by atoms with E-state index in [0.29, 0.717) is 49.9 Å². The number of anilines is 2. The number of nitrogens with zero attached hydrogens (tertiary/aromatic N) is 6. The number of fused-ring (bicyclic) bond motifs is 1. The molecule has 9 N–H and O–H groups in total. The van der Waals surface area contributed by atoms with E-state index in [1.165, 1.54) is 10.9 Å². The Morgan fingerprint density at radius 1 is 0.950 bits per heavy atom. The Hall–Kier alpha value is -6.42. The molecular weight excluding hydrogens is 793 g/mol. The molecule has 2 aliphatic rings. The van der Waals surface area contributed by atoms with Crippen molar-refractivity contribution in [1.29, 1.82) is 0 Å². The molecule has 5 aromatic rings. The molecule has 2 fully saturated rings. The molecule has 5 heterocycles. The predicted molar refractivity (Wildman–Crippen MR) is 211 cm³/mol. The summed E-state index contributed by atoms with van der Waals surface area (Å²) in [6.07, 6.45) is -5.78. The van der Waals surface area contributed by atoms with E-state index in [4.69, 9.17) is 30.3 Å². The van der Waals surface area contributed by atoms with Crippen LogP contribution in [0.3, 0.4) is 0 Å². The number of amides is 2. The van der Waals surface area contributed by atoms with E-state index in [1.54, 1.807) is 12.4 Å². The molecule has 0 bridgehead atoms. The zero-order chi connectivity index (χ0) is 43.4. The Balaban J connectivity index is 0.000000613. The lowest BCUT2D eigenvalue weighted by molar-refractivity contribution is -0.192. The molecule has 0 aliphatic carbocycles. The number of carbonyl (C=O) groups is 3. The van der Waals surface area contributed by atoms with Gasteiger partial charge in [0.05, 0.1) is 6.33 Å². The number of urea groups is 1. The van der Waals surface area contributed by atoms with Crippen molar-refractivity contribution in [2.75, 3.05) is 36.4 Å². The Morgan fingerprint density at radius 3 is 2.10 bits per heavy atom. The number of carbonyl (C=O) groups excluding carboxylic acids is 1. The third-order valence-corrected chi connectivity index (χ3v) is 9.29. The van der Waals surface area contributed by atoms with Crippen LogP contribution in [0.2, 0.25) is 0 Å². The number of pyridine rings is 1. The number of alkyl halides is 3. The Morgan fingerprint density at radius 2 is 1.55 bits per heavy atom. The van der Waals surface area contributed by atoms with E-state index in [9.17, 15) is 38.1 Å². The number of aliphatic carboxylic acids is 2. The van der Waals surface area contributed by atoms with Gasteiger partial charge in [0, 0.05) is 50.5 Å². The lowest BCUT2D eigenvalue weighted by Gasteiger charge is -2.22. The number of ether oxygens (including phenoxy) is 1. The quantitative estimate of drug-likeness (QED) is 0.0951. The third kappa shape index (κ3) is 11.4. The van der Waals surface area contributed by atoms with Gasteiger partial charge in [-0.2, -0.15) is 23.1 Å². The number of nitrogens with one attached hydrogen (secondary N) is 3. The van der Waals surface area contributed by atoms with Crippen molar-refractivity contribution in [3.05, 3.63) is 108 Å². The number of hydrogen-bond acceptors (Lipinski definition) is 13. The van der Waals surface area contributed by atoms with E-state index in [1.807, 2.05) is 60.4 Å². The molecule has 2 amide bonds. The molecule has 0 saturated carbocycles. The second kappa shape index (κ2) is 20.5. The van der Waals surface area contributed by atoms with Gasteiger partial charge >= 0.3 is 24.1 Å². The summed E-state index contributed by atoms with van der Waals surface area (Å²) in [6, 6.07) is 23.4. The number of carboxylic acid groups (broad SMARTS) is 2. The maximum Gasteiger partial charge on any atom is 0.490 e. The highest BCUT2D eigenvalue weighted by molar-refractivity contribution is 5.85. The van der Waals surface area contributed by atoms with Gasteiger partial charge < -0.3 is 51.7 Å². The average Bonchev–Trinajstić information content (AvgIpc) is 3.96. The molecule has 21 heteroatoms. The largest absolute Gasteiger partial charge is 0.490 e. The van der Waals surface area contributed by atoms with Crippen LogP contribution in [0, 0.1) is 0 Å². The standard InChI is InChI=1S/C35H37N9O6.C2HF3O2.C2H7N/c45-27-28(46)32(50-29(27)33(47)48)44-20-39-26-30(37-18-25(22-7-3-1-4-8-22)23-9-5-2-6-10-23)41-34(42-31(26)44)43-16-13-24(19-43)40-35(49)38-17-21-11-14-36-15-12-21;3-2(4,5)1(6)7;1-2-3/h1-12,14-15,20,24-25,27-29,32,45-46H,13,16-19H2,(H,47,48)(H,37,41,42)(H2,38,40,49);(H,6,7);2-3H2,1H3/t24-,27+,28-,29+,32-;;/m1../s1. The minimum atomic E-state index is -5.08. The fraction of sp³-hybridized carbons (Fsp3) is 0.359. The van der Waals surface area contributed by atoms with Gasteiger partial charge in [-0.05, 0) is 41.8 Å². The Bertz CT molecular complexity index is 2130. The maximum absolute atomic E-state index is 12.7. The summed E-state index contributed by atoms with van der Waals surface area (Å²) in [6.45, 7) is 4.45. The summed E-state index contributed by atoms with van der Waals surface area (Å²) >= 11 is 0. The van der Waals surface area contributed by atoms with Crippen LogP contribution in [0.1, 0.15) is 42.2 Å². The lowest BCUT2D eigenvalue weighted by atomic mass is 9.91. The van der Waals surface area contributed by atoms with Gasteiger partial charge in [0.1, 0.15) is 12.2 Å². The fourth-order valence-electron chi connectivity index (χ4n) is 6.43. The summed E-state index contributed by atoms with van der Waals surface area (Å²) in [5.41, 5.74) is 8.65. The monoisotopic (exact) mass is 838 g/mol. The van der Waals surface area contributed by atoms with Crippen molar-refractivity contribution in [3.8, 4) is 0 Å². The van der Waals surface area contributed by atoms with Crippen LogP contribution in [-0.2, 0) is 20.9 Å². The normalized spacial score (nSPS) is 19.8. The van der Waals surface area contributed by atoms with E-state index in [-0.39, 0.29) is 23.6 Å². The maximum atomic E-state index is 12.7. The van der Waals surface area contributed by atoms with Crippen LogP contribution < -0.4 is 26.6 Å². The molecule has 2 aliphatic heterocycles. The van der Waals surface area contributed by atoms with Crippen molar-refractivity contribution >= 4 is 40.9 Å². The third-order valence-electron chi connectivity index (χ3n) is 9.29. The number of carboxylic acids is 2. The van der Waals surface area contributed by atoms with E-state index in [0.717, 1.165) is 23.2 Å². The Kier molecular flexibility index (Phi) is 15.3. The highest BCUT2D eigenvalue weighted by atomic mass is 19.4. The first-order valence-corrected chi connectivity index (χ1v) is 18.7. The van der Waals surface area contributed by atoms with Gasteiger partial charge in [0.2, 0.25) is 5.95 Å². The smallest absolute Gasteiger partial charge is 0.479 e. The number of nitrogens with two attached hydrogens (primary N) is 1. The van der Waals surface area contributed by atoms with Crippen molar-refractivity contribution in [2.24, 2.45) is 5.73 Å². The first kappa shape index (κ1) is 44.7. The number of imidazole rings is 1. The zero-order valence-corrected chi connectivity index (χ0v) is 32.2. The molecule has 0 radical (unpaired) electrons. The summed E-state index contributed by atoms with van der Waals surface area (Å²) < 4.78 is 38.8. The van der Waals surface area contributed by atoms with Crippen LogP contribution in [0.25, 0.3) is 11.2 Å². The number of aliphatic hydroxyl groups is 2. The van der Waals surface area contributed by atoms with Crippen LogP contribution >= 0.6 is 0 Å². The number of halogens is 3. The molecule has 2 saturated heterocycles. The number of aromatic nitrogens is 5. The fourth-order valence-corrected chi connectivity index (χ4v) is 6.43. The van der Waals surface area contributed by atoms with E-state index in [2.05, 4.69) is 50.2 Å². The second-order valence-corrected chi connectivity index (χ2v) is 13.5. The van der Waals surface area contributed by atoms with E-state index >= 15 is 0 Å². The van der Waals surface area contributed by atoms with Crippen LogP contribution in [0.5, 0.6) is 0 Å². The molecule has 5 atom stereocenters. The average molecular weight is 839 g/mol. The zero-order valence-electron chi connectivity index (χ0n) is 32.2. The van der Waals surface area contributed by atoms with Crippen LogP contribution in [0.15, 0.2) is 91.5 Å². The van der Waals surface area contributed by atoms with Crippen molar-refractivity contribution in [2.45, 2.75) is 62.6 Å². The van der Waals surface area contributed by atoms with Crippen LogP contribution in [0.4, 0.5) is 29.7 Å². The summed E-state index contributed by atoms with van der Waals surface area (Å²) in [7, 11) is 0. The number of rotatable bonds is 11. The number of aliphatic hydroxyl groups excluding tert-OH is 2. The molecule has 320 valence electrons. The lowest BCUT2D eigenvalue weighted by Crippen LogP contribution is -2.43. The van der Waals surface area contributed by atoms with Gasteiger partial charge in [0.15, 0.2) is 29.3 Å². The molecular formula is C39H45F3N10O8. The van der Waals surface area contributed by atoms with Crippen molar-refractivity contribution in [3.63, 3.8) is 0 Å². The SMILES string of the molecule is CCN.O=C(NCc1ccncc1)N[C@@H]1CCN(c2nc(NCC(c3ccccc3)c3ccccc3)c3ncn([C@@H]4O[C@H](C(=O)O)[C@@H](O)[C@H]4O)c3n2)C1.O=C(O)C(F)(F)F. The number of hydrogen-bond donors (Lipinski definition) is 8. The number of benzene rings is 2. The molecule has 60 heavy (non-hydrogen) atoms. The van der Waals surface area contributed by atoms with Gasteiger partial charge in [-0.3, -0.25) is 9.55 Å². The summed E-state index contributed by atoms with van der Waals surface area (Å²) in [5.74, 6) is -3.41. The first-order chi connectivity index (χ1) is 28.7. The second-order valence-electron chi connectivity index (χ2n) is 13.5. The minimum Gasteiger partial charge on any atom is -0.479 e. The topological polar surface area (TPSA) is 263 Å². The van der Waals surface area contributed by atoms with Crippen molar-refractivity contribution in [1.82, 2.24) is 35.1 Å². The highest BCUT2D eigenvalue weighted by Crippen LogP contribution is 2.34. The van der Waals surface area contributed by atoms with Gasteiger partial charge in [0.25, 0.3) is 0 Å². The summed E-state index contributed by atoms with van der Waals surface area (Å²) in [4.78, 5) is 53.5. The predicted octanol–water partition coefficient (Wildman–Crippen LogP) is 2.85. The minimum absolute atomic E-state index is 0.0366. The van der Waals surface area contributed by atoms with Crippen LogP contribution in [-0.4, -0.2) is 120 Å². The Labute approximate surface area is 341 Å². The molecule has 3 aromatic heterocycles. The molecule has 0 unspecified atom stereocenters. The highest BCUT2D eigenvalue weighted by Gasteiger charge is 2.48. The molecule has 2 aromatic carbocycles. The van der Waals surface area contributed by atoms with Gasteiger partial charge in [-0.15, -0.1) is 0 Å². The molecule has 18 nitrogen and oxygen atoms in total. The molecule has 7 rings (SSSR count). The van der Waals surface area contributed by atoms with Gasteiger partial charge in [-0.25, -0.2) is 19.4 Å². The first-order valence-electron chi connectivity index (χ1n) is 18.7. The van der Waals surface area contributed by atoms with Crippen molar-refractivity contribution < 1.29 is 52.7 Å². The van der Waals surface area contributed by atoms with Gasteiger partial charge in [-0.1, -0.05) is 67.6 Å². The molecule has 0 spiro atoms. The summed E-state index contributed by atoms with van der Waals surface area (Å²) in [5, 5.41) is 47.3.